The molecule has 0 aliphatic heterocycles. The molecule has 2 heterocycles. The predicted molar refractivity (Wildman–Crippen MR) is 93.7 cm³/mol. The largest absolute Gasteiger partial charge is 0.462 e. The van der Waals surface area contributed by atoms with E-state index in [4.69, 9.17) is 9.84 Å². The number of rotatable bonds is 7. The van der Waals surface area contributed by atoms with Gasteiger partial charge >= 0.3 is 5.97 Å². The van der Waals surface area contributed by atoms with Crippen molar-refractivity contribution in [2.24, 2.45) is 0 Å². The van der Waals surface area contributed by atoms with Crippen LogP contribution in [0.25, 0.3) is 0 Å². The number of aromatic nitrogens is 4. The molecule has 0 unspecified atom stereocenters. The summed E-state index contributed by atoms with van der Waals surface area (Å²) < 4.78 is 32.6. The van der Waals surface area contributed by atoms with Gasteiger partial charge in [-0.25, -0.2) is 13.6 Å². The molecule has 1 N–H and O–H groups in total. The van der Waals surface area contributed by atoms with Crippen molar-refractivity contribution in [2.75, 3.05) is 20.0 Å². The van der Waals surface area contributed by atoms with E-state index in [2.05, 4.69) is 42.1 Å². The quantitative estimate of drug-likeness (QED) is 0.607. The van der Waals surface area contributed by atoms with Crippen molar-refractivity contribution in [1.29, 1.82) is 0 Å². The second-order valence-corrected chi connectivity index (χ2v) is 6.01. The van der Waals surface area contributed by atoms with E-state index >= 15 is 0 Å². The van der Waals surface area contributed by atoms with E-state index < -0.39 is 19.3 Å². The van der Waals surface area contributed by atoms with Crippen LogP contribution in [0.1, 0.15) is 22.8 Å². The number of ether oxygens (including phenoxy) is 1. The maximum absolute atomic E-state index is 12.0. The highest BCUT2D eigenvalue weighted by Crippen LogP contribution is 2.17. The second-order valence-electron chi connectivity index (χ2n) is 4.51. The van der Waals surface area contributed by atoms with Gasteiger partial charge in [0.15, 0.2) is 0 Å². The van der Waals surface area contributed by atoms with E-state index in [0.717, 1.165) is 0 Å². The van der Waals surface area contributed by atoms with Crippen molar-refractivity contribution in [3.63, 3.8) is 0 Å². The Morgan fingerprint density at radius 3 is 2.20 bits per heavy atom. The molecular weight excluding hydrogens is 470 g/mol. The van der Waals surface area contributed by atoms with Gasteiger partial charge in [-0.1, -0.05) is 0 Å². The average Bonchev–Trinajstić information content (AvgIpc) is 3.13. The van der Waals surface area contributed by atoms with Gasteiger partial charge in [-0.3, -0.25) is 9.36 Å². The Morgan fingerprint density at radius 1 is 1.16 bits per heavy atom. The first-order chi connectivity index (χ1) is 12.0. The zero-order chi connectivity index (χ0) is 18.8. The fourth-order valence-corrected chi connectivity index (χ4v) is 2.73. The van der Waals surface area contributed by atoms with Crippen LogP contribution >= 0.6 is 31.9 Å². The third kappa shape index (κ3) is 6.15. The highest BCUT2D eigenvalue weighted by Gasteiger charge is 2.15. The lowest BCUT2D eigenvalue weighted by atomic mass is 10.4. The molecule has 2 rings (SSSR count). The van der Waals surface area contributed by atoms with Gasteiger partial charge in [0.05, 0.1) is 38.7 Å². The van der Waals surface area contributed by atoms with Gasteiger partial charge in [0.2, 0.25) is 0 Å². The lowest BCUT2D eigenvalue weighted by Gasteiger charge is -2.00. The van der Waals surface area contributed by atoms with Crippen molar-refractivity contribution < 1.29 is 23.4 Å². The predicted octanol–water partition coefficient (Wildman–Crippen LogP) is 2.90. The summed E-state index contributed by atoms with van der Waals surface area (Å²) in [6.07, 6.45) is 2.87. The van der Waals surface area contributed by atoms with E-state index in [1.807, 2.05) is 0 Å². The highest BCUT2D eigenvalue weighted by atomic mass is 79.9. The van der Waals surface area contributed by atoms with Crippen LogP contribution in [0.4, 0.5) is 8.78 Å². The Kier molecular flexibility index (Phi) is 9.83. The third-order valence-electron chi connectivity index (χ3n) is 2.88. The lowest BCUT2D eigenvalue weighted by molar-refractivity contribution is 0.0525. The van der Waals surface area contributed by atoms with Crippen molar-refractivity contribution in [3.05, 3.63) is 32.7 Å². The summed E-state index contributed by atoms with van der Waals surface area (Å²) in [5.41, 5.74) is 0.999. The highest BCUT2D eigenvalue weighted by molar-refractivity contribution is 9.10. The number of halogens is 4. The number of carbonyl (C=O) groups is 1. The van der Waals surface area contributed by atoms with Gasteiger partial charge in [0.25, 0.3) is 0 Å². The fourth-order valence-electron chi connectivity index (χ4n) is 1.70. The van der Waals surface area contributed by atoms with Crippen LogP contribution in [-0.4, -0.2) is 50.6 Å². The number of carbonyl (C=O) groups excluding carboxylic acids is 1. The smallest absolute Gasteiger partial charge is 0.342 e. The minimum absolute atomic E-state index is 0.0765. The fraction of sp³-hybridized carbons (Fsp3) is 0.500. The summed E-state index contributed by atoms with van der Waals surface area (Å²) in [5.74, 6) is -0.454. The molecule has 0 aliphatic rings. The van der Waals surface area contributed by atoms with Crippen LogP contribution < -0.4 is 0 Å². The number of hydrogen-bond donors (Lipinski definition) is 1. The molecule has 0 spiro atoms. The number of alkyl halides is 2. The minimum Gasteiger partial charge on any atom is -0.462 e. The molecule has 0 aliphatic carbocycles. The maximum atomic E-state index is 12.0. The zero-order valence-electron chi connectivity index (χ0n) is 13.5. The van der Waals surface area contributed by atoms with Gasteiger partial charge in [0.1, 0.15) is 28.1 Å². The van der Waals surface area contributed by atoms with Crippen molar-refractivity contribution in [3.8, 4) is 0 Å². The first-order valence-corrected chi connectivity index (χ1v) is 8.90. The summed E-state index contributed by atoms with van der Waals surface area (Å²) in [7, 11) is 0. The monoisotopic (exact) mass is 486 g/mol. The van der Waals surface area contributed by atoms with Crippen LogP contribution in [0, 0.1) is 0 Å². The van der Waals surface area contributed by atoms with Crippen LogP contribution in [0.5, 0.6) is 0 Å². The average molecular weight is 488 g/mol. The molecule has 11 heteroatoms. The molecule has 140 valence electrons. The van der Waals surface area contributed by atoms with Crippen molar-refractivity contribution in [1.82, 2.24) is 19.6 Å². The van der Waals surface area contributed by atoms with Gasteiger partial charge in [-0.2, -0.15) is 10.2 Å². The van der Waals surface area contributed by atoms with Crippen LogP contribution in [0.15, 0.2) is 21.6 Å². The summed E-state index contributed by atoms with van der Waals surface area (Å²) in [5, 5.41) is 16.4. The van der Waals surface area contributed by atoms with E-state index in [0.29, 0.717) is 26.9 Å². The lowest BCUT2D eigenvalue weighted by Crippen LogP contribution is -2.06. The standard InChI is InChI=1S/C8H10BrFN2O2.C6H8BrFN2O/c1-2-14-8(13)6-5-11-12(4-3-10)7(6)9;7-6-5(4-11)3-9-10(6)2-1-8/h5H,2-4H2,1H3;3,11H,1-2,4H2. The molecule has 7 nitrogen and oxygen atoms in total. The van der Waals surface area contributed by atoms with Crippen LogP contribution in [0.3, 0.4) is 0 Å². The van der Waals surface area contributed by atoms with E-state index in [1.165, 1.54) is 21.8 Å². The Balaban J connectivity index is 0.000000257. The number of esters is 1. The molecule has 0 saturated carbocycles. The summed E-state index contributed by atoms with van der Waals surface area (Å²) >= 11 is 6.34. The Bertz CT molecular complexity index is 679. The molecule has 0 aromatic carbocycles. The molecule has 0 bridgehead atoms. The molecule has 2 aromatic heterocycles. The van der Waals surface area contributed by atoms with E-state index in [9.17, 15) is 13.6 Å². The number of aryl methyl sites for hydroxylation is 2. The first kappa shape index (κ1) is 21.7. The van der Waals surface area contributed by atoms with E-state index in [-0.39, 0.29) is 19.7 Å². The first-order valence-electron chi connectivity index (χ1n) is 7.31. The van der Waals surface area contributed by atoms with Crippen LogP contribution in [-0.2, 0) is 24.4 Å². The summed E-state index contributed by atoms with van der Waals surface area (Å²) in [6, 6.07) is 0. The molecule has 0 fully saturated rings. The van der Waals surface area contributed by atoms with Gasteiger partial charge in [-0.05, 0) is 38.8 Å². The number of nitrogens with zero attached hydrogens (tertiary/aromatic N) is 4. The molecular formula is C14H18Br2F2N4O3. The molecule has 0 amide bonds. The summed E-state index contributed by atoms with van der Waals surface area (Å²) in [6.45, 7) is 1.32. The minimum atomic E-state index is -0.525. The number of aliphatic hydroxyl groups is 1. The molecule has 0 radical (unpaired) electrons. The zero-order valence-corrected chi connectivity index (χ0v) is 16.6. The van der Waals surface area contributed by atoms with E-state index in [1.54, 1.807) is 6.92 Å². The number of aliphatic hydroxyl groups excluding tert-OH is 1. The van der Waals surface area contributed by atoms with Gasteiger partial charge in [-0.15, -0.1) is 0 Å². The normalized spacial score (nSPS) is 10.3. The van der Waals surface area contributed by atoms with Crippen molar-refractivity contribution in [2.45, 2.75) is 26.6 Å². The second kappa shape index (κ2) is 11.3. The summed E-state index contributed by atoms with van der Waals surface area (Å²) in [4.78, 5) is 11.3. The Labute approximate surface area is 160 Å². The van der Waals surface area contributed by atoms with Gasteiger partial charge in [0, 0.05) is 5.56 Å². The topological polar surface area (TPSA) is 82.2 Å². The molecule has 0 atom stereocenters. The number of hydrogen-bond acceptors (Lipinski definition) is 5. The molecule has 25 heavy (non-hydrogen) atoms. The molecule has 0 saturated heterocycles. The third-order valence-corrected chi connectivity index (χ3v) is 4.63. The van der Waals surface area contributed by atoms with Crippen molar-refractivity contribution >= 4 is 37.8 Å². The SMILES string of the molecule is CCOC(=O)c1cnn(CCF)c1Br.OCc1cnn(CCF)c1Br. The Morgan fingerprint density at radius 2 is 1.72 bits per heavy atom. The van der Waals surface area contributed by atoms with Gasteiger partial charge < -0.3 is 9.84 Å². The molecule has 2 aromatic rings. The maximum Gasteiger partial charge on any atom is 0.342 e. The Hall–Kier alpha value is -1.33. The van der Waals surface area contributed by atoms with Crippen LogP contribution in [0.2, 0.25) is 0 Å².